The van der Waals surface area contributed by atoms with Crippen molar-refractivity contribution in [3.8, 4) is 0 Å². The molecule has 3 rings (SSSR count). The molecule has 3 nitrogen and oxygen atoms in total. The lowest BCUT2D eigenvalue weighted by Gasteiger charge is -2.01. The number of aromatic amines is 1. The molecule has 90 valence electrons. The number of benzene rings is 2. The Bertz CT molecular complexity index is 710. The maximum Gasteiger partial charge on any atom is 0.287 e. The predicted molar refractivity (Wildman–Crippen MR) is 70.7 cm³/mol. The number of H-pyrrole nitrogens is 1. The highest BCUT2D eigenvalue weighted by Crippen LogP contribution is 2.14. The molecule has 0 amide bonds. The molecule has 0 aliphatic carbocycles. The molecule has 0 aliphatic rings. The van der Waals surface area contributed by atoms with Crippen LogP contribution in [0.3, 0.4) is 0 Å². The zero-order valence-electron chi connectivity index (χ0n) is 9.85. The van der Waals surface area contributed by atoms with Crippen LogP contribution in [-0.4, -0.2) is 5.16 Å². The van der Waals surface area contributed by atoms with Crippen molar-refractivity contribution < 1.29 is 4.52 Å². The average molecular weight is 239 g/mol. The van der Waals surface area contributed by atoms with E-state index in [-0.39, 0.29) is 5.56 Å². The SMILES string of the molecule is O=c1[nH]oc2ccc(CCc3ccccc3)cc12. The molecule has 0 aliphatic heterocycles. The van der Waals surface area contributed by atoms with E-state index in [1.165, 1.54) is 5.56 Å². The first-order chi connectivity index (χ1) is 8.83. The summed E-state index contributed by atoms with van der Waals surface area (Å²) in [5, 5.41) is 2.97. The summed E-state index contributed by atoms with van der Waals surface area (Å²) in [4.78, 5) is 11.5. The Kier molecular flexibility index (Phi) is 2.73. The zero-order chi connectivity index (χ0) is 12.4. The van der Waals surface area contributed by atoms with Crippen LogP contribution in [0.5, 0.6) is 0 Å². The average Bonchev–Trinajstić information content (AvgIpc) is 2.79. The first-order valence-corrected chi connectivity index (χ1v) is 5.97. The van der Waals surface area contributed by atoms with E-state index in [9.17, 15) is 4.79 Å². The van der Waals surface area contributed by atoms with E-state index in [1.807, 2.05) is 36.4 Å². The summed E-state index contributed by atoms with van der Waals surface area (Å²) in [7, 11) is 0. The Hall–Kier alpha value is -2.29. The molecule has 1 aromatic heterocycles. The number of hydrogen-bond donors (Lipinski definition) is 1. The van der Waals surface area contributed by atoms with Crippen LogP contribution in [0.15, 0.2) is 57.8 Å². The Morgan fingerprint density at radius 2 is 1.72 bits per heavy atom. The van der Waals surface area contributed by atoms with Gasteiger partial charge >= 0.3 is 0 Å². The van der Waals surface area contributed by atoms with Gasteiger partial charge in [-0.1, -0.05) is 36.4 Å². The van der Waals surface area contributed by atoms with Crippen LogP contribution in [0, 0.1) is 0 Å². The summed E-state index contributed by atoms with van der Waals surface area (Å²) in [6.45, 7) is 0. The largest absolute Gasteiger partial charge is 0.378 e. The molecule has 0 spiro atoms. The fraction of sp³-hybridized carbons (Fsp3) is 0.133. The summed E-state index contributed by atoms with van der Waals surface area (Å²) in [6, 6.07) is 16.1. The molecule has 0 saturated carbocycles. The van der Waals surface area contributed by atoms with Crippen molar-refractivity contribution in [3.63, 3.8) is 0 Å². The molecule has 18 heavy (non-hydrogen) atoms. The summed E-state index contributed by atoms with van der Waals surface area (Å²) in [5.74, 6) is 0. The lowest BCUT2D eigenvalue weighted by atomic mass is 10.0. The molecule has 0 atom stereocenters. The minimum absolute atomic E-state index is 0.161. The van der Waals surface area contributed by atoms with Crippen LogP contribution in [-0.2, 0) is 12.8 Å². The van der Waals surface area contributed by atoms with Gasteiger partial charge in [0.05, 0.1) is 5.39 Å². The third kappa shape index (κ3) is 2.07. The molecule has 3 heteroatoms. The van der Waals surface area contributed by atoms with Crippen molar-refractivity contribution >= 4 is 11.0 Å². The number of nitrogens with one attached hydrogen (secondary N) is 1. The van der Waals surface area contributed by atoms with Crippen molar-refractivity contribution in [2.75, 3.05) is 0 Å². The van der Waals surface area contributed by atoms with Gasteiger partial charge in [-0.15, -0.1) is 0 Å². The van der Waals surface area contributed by atoms with E-state index >= 15 is 0 Å². The fourth-order valence-corrected chi connectivity index (χ4v) is 2.09. The molecule has 2 aromatic carbocycles. The molecular weight excluding hydrogens is 226 g/mol. The van der Waals surface area contributed by atoms with Crippen molar-refractivity contribution in [1.82, 2.24) is 5.16 Å². The minimum Gasteiger partial charge on any atom is -0.378 e. The van der Waals surface area contributed by atoms with Gasteiger partial charge in [0, 0.05) is 0 Å². The highest BCUT2D eigenvalue weighted by Gasteiger charge is 2.04. The van der Waals surface area contributed by atoms with Gasteiger partial charge in [0.2, 0.25) is 0 Å². The summed E-state index contributed by atoms with van der Waals surface area (Å²) in [6.07, 6.45) is 1.90. The minimum atomic E-state index is -0.161. The molecule has 0 unspecified atom stereocenters. The van der Waals surface area contributed by atoms with Crippen LogP contribution < -0.4 is 5.56 Å². The third-order valence-corrected chi connectivity index (χ3v) is 3.09. The Balaban J connectivity index is 1.83. The normalized spacial score (nSPS) is 10.9. The number of fused-ring (bicyclic) bond motifs is 1. The predicted octanol–water partition coefficient (Wildman–Crippen LogP) is 2.91. The van der Waals surface area contributed by atoms with Crippen LogP contribution in [0.2, 0.25) is 0 Å². The third-order valence-electron chi connectivity index (χ3n) is 3.09. The van der Waals surface area contributed by atoms with Gasteiger partial charge < -0.3 is 4.52 Å². The second-order valence-electron chi connectivity index (χ2n) is 4.35. The topological polar surface area (TPSA) is 46.0 Å². The van der Waals surface area contributed by atoms with Gasteiger partial charge in [0.1, 0.15) is 0 Å². The Labute approximate surface area is 104 Å². The highest BCUT2D eigenvalue weighted by molar-refractivity contribution is 5.76. The van der Waals surface area contributed by atoms with Gasteiger partial charge in [-0.05, 0) is 36.1 Å². The maximum absolute atomic E-state index is 11.5. The molecule has 0 saturated heterocycles. The van der Waals surface area contributed by atoms with Gasteiger partial charge in [0.15, 0.2) is 5.58 Å². The van der Waals surface area contributed by atoms with Crippen LogP contribution in [0.4, 0.5) is 0 Å². The summed E-state index contributed by atoms with van der Waals surface area (Å²) in [5.41, 5.74) is 2.91. The van der Waals surface area contributed by atoms with E-state index in [4.69, 9.17) is 4.52 Å². The van der Waals surface area contributed by atoms with E-state index in [0.717, 1.165) is 18.4 Å². The lowest BCUT2D eigenvalue weighted by Crippen LogP contribution is -1.98. The Morgan fingerprint density at radius 3 is 2.56 bits per heavy atom. The number of hydrogen-bond acceptors (Lipinski definition) is 2. The first-order valence-electron chi connectivity index (χ1n) is 5.97. The fourth-order valence-electron chi connectivity index (χ4n) is 2.09. The molecule has 0 fully saturated rings. The van der Waals surface area contributed by atoms with Crippen LogP contribution >= 0.6 is 0 Å². The zero-order valence-corrected chi connectivity index (χ0v) is 9.85. The van der Waals surface area contributed by atoms with Gasteiger partial charge in [-0.3, -0.25) is 4.79 Å². The highest BCUT2D eigenvalue weighted by atomic mass is 16.5. The molecule has 0 bridgehead atoms. The van der Waals surface area contributed by atoms with Gasteiger partial charge in [-0.2, -0.15) is 5.16 Å². The van der Waals surface area contributed by atoms with Gasteiger partial charge in [0.25, 0.3) is 5.56 Å². The smallest absolute Gasteiger partial charge is 0.287 e. The number of aryl methyl sites for hydroxylation is 2. The van der Waals surface area contributed by atoms with Crippen molar-refractivity contribution in [1.29, 1.82) is 0 Å². The Morgan fingerprint density at radius 1 is 0.944 bits per heavy atom. The number of rotatable bonds is 3. The molecule has 3 aromatic rings. The summed E-state index contributed by atoms with van der Waals surface area (Å²) < 4.78 is 5.03. The molecule has 0 radical (unpaired) electrons. The maximum atomic E-state index is 11.5. The second-order valence-corrected chi connectivity index (χ2v) is 4.35. The standard InChI is InChI=1S/C15H13NO2/c17-15-13-10-12(8-9-14(13)18-16-15)7-6-11-4-2-1-3-5-11/h1-5,8-10H,6-7H2,(H,16,17). The van der Waals surface area contributed by atoms with Gasteiger partial charge in [-0.25, -0.2) is 0 Å². The molecular formula is C15H13NO2. The van der Waals surface area contributed by atoms with Crippen LogP contribution in [0.1, 0.15) is 11.1 Å². The van der Waals surface area contributed by atoms with Crippen molar-refractivity contribution in [3.05, 3.63) is 70.0 Å². The van der Waals surface area contributed by atoms with Crippen LogP contribution in [0.25, 0.3) is 11.0 Å². The summed E-state index contributed by atoms with van der Waals surface area (Å²) >= 11 is 0. The number of aromatic nitrogens is 1. The van der Waals surface area contributed by atoms with Crippen molar-refractivity contribution in [2.24, 2.45) is 0 Å². The lowest BCUT2D eigenvalue weighted by molar-refractivity contribution is 0.449. The molecule has 1 N–H and O–H groups in total. The van der Waals surface area contributed by atoms with Crippen molar-refractivity contribution in [2.45, 2.75) is 12.8 Å². The molecule has 1 heterocycles. The second kappa shape index (κ2) is 4.53. The first kappa shape index (κ1) is 10.8. The van der Waals surface area contributed by atoms with E-state index < -0.39 is 0 Å². The quantitative estimate of drug-likeness (QED) is 0.763. The van der Waals surface area contributed by atoms with E-state index in [1.54, 1.807) is 0 Å². The van der Waals surface area contributed by atoms with E-state index in [2.05, 4.69) is 17.3 Å². The monoisotopic (exact) mass is 239 g/mol. The van der Waals surface area contributed by atoms with E-state index in [0.29, 0.717) is 11.0 Å².